The molecule has 0 aromatic heterocycles. The van der Waals surface area contributed by atoms with E-state index >= 15 is 0 Å². The van der Waals surface area contributed by atoms with Gasteiger partial charge in [0.25, 0.3) is 0 Å². The molecule has 1 saturated heterocycles. The molecule has 0 spiro atoms. The van der Waals surface area contributed by atoms with E-state index in [1.54, 1.807) is 0 Å². The summed E-state index contributed by atoms with van der Waals surface area (Å²) in [5, 5.41) is 0. The van der Waals surface area contributed by atoms with Crippen molar-refractivity contribution in [2.45, 2.75) is 18.9 Å². The molecule has 1 atom stereocenters. The number of likely N-dealkylation sites (tertiary alicyclic amines) is 1. The smallest absolute Gasteiger partial charge is 0.126 e. The number of anilines is 1. The van der Waals surface area contributed by atoms with Gasteiger partial charge in [-0.2, -0.15) is 0 Å². The summed E-state index contributed by atoms with van der Waals surface area (Å²) in [4.78, 5) is 2.50. The van der Waals surface area contributed by atoms with Crippen LogP contribution < -0.4 is 10.5 Å². The zero-order valence-electron chi connectivity index (χ0n) is 8.78. The SMILES string of the molecule is Nc1cccc2c1C(N1CCC1)CCO2. The van der Waals surface area contributed by atoms with Gasteiger partial charge in [-0.15, -0.1) is 0 Å². The molecule has 0 aliphatic carbocycles. The van der Waals surface area contributed by atoms with E-state index in [0.717, 1.165) is 24.5 Å². The van der Waals surface area contributed by atoms with Gasteiger partial charge in [-0.25, -0.2) is 0 Å². The van der Waals surface area contributed by atoms with Crippen molar-refractivity contribution in [1.82, 2.24) is 4.90 Å². The van der Waals surface area contributed by atoms with Crippen LogP contribution in [-0.4, -0.2) is 24.6 Å². The Hall–Kier alpha value is -1.22. The van der Waals surface area contributed by atoms with Crippen molar-refractivity contribution in [3.8, 4) is 5.75 Å². The van der Waals surface area contributed by atoms with E-state index in [-0.39, 0.29) is 0 Å². The van der Waals surface area contributed by atoms with E-state index in [4.69, 9.17) is 10.5 Å². The van der Waals surface area contributed by atoms with Gasteiger partial charge in [0.1, 0.15) is 5.75 Å². The molecule has 3 nitrogen and oxygen atoms in total. The lowest BCUT2D eigenvalue weighted by Crippen LogP contribution is -2.42. The van der Waals surface area contributed by atoms with E-state index in [2.05, 4.69) is 4.90 Å². The largest absolute Gasteiger partial charge is 0.493 e. The maximum atomic E-state index is 6.04. The minimum Gasteiger partial charge on any atom is -0.493 e. The molecule has 2 heterocycles. The van der Waals surface area contributed by atoms with Gasteiger partial charge in [0.2, 0.25) is 0 Å². The van der Waals surface area contributed by atoms with Gasteiger partial charge in [-0.3, -0.25) is 4.90 Å². The third-order valence-corrected chi connectivity index (χ3v) is 3.41. The minimum atomic E-state index is 0.490. The summed E-state index contributed by atoms with van der Waals surface area (Å²) in [7, 11) is 0. The third kappa shape index (κ3) is 1.38. The first kappa shape index (κ1) is 9.04. The molecule has 1 fully saturated rings. The molecule has 2 aliphatic heterocycles. The zero-order chi connectivity index (χ0) is 10.3. The highest BCUT2D eigenvalue weighted by atomic mass is 16.5. The number of nitrogen functional groups attached to an aromatic ring is 1. The Bertz CT molecular complexity index is 374. The van der Waals surface area contributed by atoms with Crippen LogP contribution in [0.5, 0.6) is 5.75 Å². The van der Waals surface area contributed by atoms with Crippen LogP contribution in [0.3, 0.4) is 0 Å². The summed E-state index contributed by atoms with van der Waals surface area (Å²) in [5.74, 6) is 0.984. The number of rotatable bonds is 1. The number of ether oxygens (including phenoxy) is 1. The second kappa shape index (κ2) is 3.42. The molecule has 15 heavy (non-hydrogen) atoms. The van der Waals surface area contributed by atoms with Crippen LogP contribution in [-0.2, 0) is 0 Å². The van der Waals surface area contributed by atoms with Crippen molar-refractivity contribution in [3.63, 3.8) is 0 Å². The van der Waals surface area contributed by atoms with Crippen molar-refractivity contribution in [2.24, 2.45) is 0 Å². The summed E-state index contributed by atoms with van der Waals surface area (Å²) in [6.45, 7) is 3.23. The highest BCUT2D eigenvalue weighted by Crippen LogP contribution is 2.41. The average molecular weight is 204 g/mol. The fraction of sp³-hybridized carbons (Fsp3) is 0.500. The number of fused-ring (bicyclic) bond motifs is 1. The van der Waals surface area contributed by atoms with Crippen LogP contribution in [0.4, 0.5) is 5.69 Å². The van der Waals surface area contributed by atoms with E-state index in [0.29, 0.717) is 6.04 Å². The van der Waals surface area contributed by atoms with E-state index in [1.165, 1.54) is 25.1 Å². The molecule has 0 radical (unpaired) electrons. The van der Waals surface area contributed by atoms with Crippen LogP contribution in [0.1, 0.15) is 24.4 Å². The lowest BCUT2D eigenvalue weighted by Gasteiger charge is -2.41. The van der Waals surface area contributed by atoms with E-state index in [1.807, 2.05) is 18.2 Å². The number of benzene rings is 1. The topological polar surface area (TPSA) is 38.5 Å². The molecule has 0 bridgehead atoms. The Morgan fingerprint density at radius 1 is 1.33 bits per heavy atom. The maximum Gasteiger partial charge on any atom is 0.126 e. The normalized spacial score (nSPS) is 25.2. The van der Waals surface area contributed by atoms with Crippen LogP contribution in [0, 0.1) is 0 Å². The maximum absolute atomic E-state index is 6.04. The average Bonchev–Trinajstić information content (AvgIpc) is 2.15. The van der Waals surface area contributed by atoms with Gasteiger partial charge in [0, 0.05) is 23.7 Å². The molecular weight excluding hydrogens is 188 g/mol. The molecule has 1 unspecified atom stereocenters. The Morgan fingerprint density at radius 3 is 2.93 bits per heavy atom. The van der Waals surface area contributed by atoms with Gasteiger partial charge >= 0.3 is 0 Å². The molecule has 3 heteroatoms. The van der Waals surface area contributed by atoms with Gasteiger partial charge in [0.05, 0.1) is 6.61 Å². The molecular formula is C12H16N2O. The molecule has 1 aromatic carbocycles. The first-order chi connectivity index (χ1) is 7.36. The Kier molecular flexibility index (Phi) is 2.06. The summed E-state index contributed by atoms with van der Waals surface area (Å²) in [5.41, 5.74) is 8.13. The van der Waals surface area contributed by atoms with Crippen molar-refractivity contribution < 1.29 is 4.74 Å². The van der Waals surface area contributed by atoms with E-state index < -0.39 is 0 Å². The van der Waals surface area contributed by atoms with Crippen LogP contribution in [0.2, 0.25) is 0 Å². The molecule has 2 aliphatic rings. The second-order valence-corrected chi connectivity index (χ2v) is 4.30. The lowest BCUT2D eigenvalue weighted by atomic mass is 9.95. The van der Waals surface area contributed by atoms with Crippen molar-refractivity contribution in [1.29, 1.82) is 0 Å². The summed E-state index contributed by atoms with van der Waals surface area (Å²) >= 11 is 0. The first-order valence-electron chi connectivity index (χ1n) is 5.61. The van der Waals surface area contributed by atoms with Crippen molar-refractivity contribution >= 4 is 5.69 Å². The van der Waals surface area contributed by atoms with Gasteiger partial charge in [-0.1, -0.05) is 6.07 Å². The van der Waals surface area contributed by atoms with Gasteiger partial charge in [0.15, 0.2) is 0 Å². The van der Waals surface area contributed by atoms with Crippen LogP contribution in [0.15, 0.2) is 18.2 Å². The molecule has 0 saturated carbocycles. The zero-order valence-corrected chi connectivity index (χ0v) is 8.78. The summed E-state index contributed by atoms with van der Waals surface area (Å²) in [6, 6.07) is 6.45. The second-order valence-electron chi connectivity index (χ2n) is 4.30. The quantitative estimate of drug-likeness (QED) is 0.709. The number of nitrogens with two attached hydrogens (primary N) is 1. The van der Waals surface area contributed by atoms with Crippen molar-refractivity contribution in [2.75, 3.05) is 25.4 Å². The minimum absolute atomic E-state index is 0.490. The van der Waals surface area contributed by atoms with Crippen LogP contribution in [0.25, 0.3) is 0 Å². The number of hydrogen-bond donors (Lipinski definition) is 1. The molecule has 3 rings (SSSR count). The highest BCUT2D eigenvalue weighted by molar-refractivity contribution is 5.56. The number of hydrogen-bond acceptors (Lipinski definition) is 3. The molecule has 1 aromatic rings. The standard InChI is InChI=1S/C12H16N2O/c13-9-3-1-4-11-12(9)10(5-8-15-11)14-6-2-7-14/h1,3-4,10H,2,5-8,13H2. The van der Waals surface area contributed by atoms with Crippen LogP contribution >= 0.6 is 0 Å². The predicted octanol–water partition coefficient (Wildman–Crippen LogP) is 1.80. The van der Waals surface area contributed by atoms with Crippen molar-refractivity contribution in [3.05, 3.63) is 23.8 Å². The predicted molar refractivity (Wildman–Crippen MR) is 59.9 cm³/mol. The summed E-state index contributed by atoms with van der Waals surface area (Å²) in [6.07, 6.45) is 2.39. The van der Waals surface area contributed by atoms with E-state index in [9.17, 15) is 0 Å². The molecule has 0 amide bonds. The van der Waals surface area contributed by atoms with Gasteiger partial charge in [-0.05, 0) is 31.6 Å². The fourth-order valence-corrected chi connectivity index (χ4v) is 2.49. The Morgan fingerprint density at radius 2 is 2.20 bits per heavy atom. The molecule has 80 valence electrons. The first-order valence-corrected chi connectivity index (χ1v) is 5.61. The Labute approximate surface area is 89.8 Å². The number of nitrogens with zero attached hydrogens (tertiary/aromatic N) is 1. The highest BCUT2D eigenvalue weighted by Gasteiger charge is 2.31. The lowest BCUT2D eigenvalue weighted by molar-refractivity contribution is 0.0847. The summed E-state index contributed by atoms with van der Waals surface area (Å²) < 4.78 is 5.65. The Balaban J connectivity index is 2.00. The van der Waals surface area contributed by atoms with Gasteiger partial charge < -0.3 is 10.5 Å². The third-order valence-electron chi connectivity index (χ3n) is 3.41. The monoisotopic (exact) mass is 204 g/mol. The molecule has 2 N–H and O–H groups in total. The fourth-order valence-electron chi connectivity index (χ4n) is 2.49.